The smallest absolute Gasteiger partial charge is 0.413 e. The molecule has 8 nitrogen and oxygen atoms in total. The minimum atomic E-state index is -4.66. The maximum Gasteiger partial charge on any atom is 0.413 e. The molecular weight excluding hydrogens is 535 g/mol. The lowest BCUT2D eigenvalue weighted by Crippen LogP contribution is -2.43. The summed E-state index contributed by atoms with van der Waals surface area (Å²) in [7, 11) is 2.51. The number of amides is 1. The molecule has 3 heterocycles. The molecule has 3 aromatic rings. The minimum absolute atomic E-state index is 0.0185. The van der Waals surface area contributed by atoms with Crippen molar-refractivity contribution in [1.29, 1.82) is 0 Å². The van der Waals surface area contributed by atoms with Crippen molar-refractivity contribution in [2.45, 2.75) is 50.7 Å². The number of carbonyl (C=O) groups is 2. The van der Waals surface area contributed by atoms with Gasteiger partial charge in [-0.15, -0.1) is 0 Å². The molecule has 0 spiro atoms. The second-order valence-corrected chi connectivity index (χ2v) is 10.5. The fourth-order valence-electron chi connectivity index (χ4n) is 5.82. The van der Waals surface area contributed by atoms with Crippen LogP contribution in [0, 0.1) is 11.8 Å². The number of ether oxygens (including phenoxy) is 1. The third-order valence-electron chi connectivity index (χ3n) is 7.79. The lowest BCUT2D eigenvalue weighted by molar-refractivity contribution is -0.191. The normalized spacial score (nSPS) is 20.4. The maximum absolute atomic E-state index is 14.3. The quantitative estimate of drug-likeness (QED) is 0.381. The molecule has 5 rings (SSSR count). The van der Waals surface area contributed by atoms with Crippen LogP contribution >= 0.6 is 11.6 Å². The largest absolute Gasteiger partial charge is 0.469 e. The summed E-state index contributed by atoms with van der Waals surface area (Å²) in [4.78, 5) is 32.2. The highest BCUT2D eigenvalue weighted by Crippen LogP contribution is 2.41. The molecule has 2 aliphatic rings. The topological polar surface area (TPSA) is 80.0 Å². The zero-order chi connectivity index (χ0) is 27.9. The average molecular weight is 564 g/mol. The number of methoxy groups -OCH3 is 1. The van der Waals surface area contributed by atoms with Gasteiger partial charge in [-0.1, -0.05) is 23.7 Å². The van der Waals surface area contributed by atoms with E-state index >= 15 is 0 Å². The number of hydrogen-bond donors (Lipinski definition) is 0. The summed E-state index contributed by atoms with van der Waals surface area (Å²) in [5, 5.41) is 4.66. The Morgan fingerprint density at radius 2 is 1.79 bits per heavy atom. The Morgan fingerprint density at radius 1 is 1.13 bits per heavy atom. The van der Waals surface area contributed by atoms with Crippen molar-refractivity contribution >= 4 is 40.5 Å². The summed E-state index contributed by atoms with van der Waals surface area (Å²) in [5.74, 6) is -1.79. The van der Waals surface area contributed by atoms with Gasteiger partial charge in [0.1, 0.15) is 0 Å². The molecular formula is C27H29ClF3N5O3. The van der Waals surface area contributed by atoms with Gasteiger partial charge in [-0.3, -0.25) is 9.59 Å². The number of alkyl halides is 3. The Kier molecular flexibility index (Phi) is 7.45. The molecule has 0 saturated heterocycles. The second kappa shape index (κ2) is 10.7. The van der Waals surface area contributed by atoms with E-state index in [1.54, 1.807) is 28.9 Å². The number of rotatable bonds is 5. The van der Waals surface area contributed by atoms with Crippen LogP contribution in [-0.2, 0) is 20.7 Å². The van der Waals surface area contributed by atoms with Crippen molar-refractivity contribution in [3.05, 3.63) is 52.9 Å². The molecule has 1 amide bonds. The molecule has 1 atom stereocenters. The molecule has 1 saturated carbocycles. The van der Waals surface area contributed by atoms with E-state index in [1.807, 2.05) is 4.90 Å². The zero-order valence-electron chi connectivity index (χ0n) is 21.6. The molecule has 0 bridgehead atoms. The van der Waals surface area contributed by atoms with Gasteiger partial charge < -0.3 is 14.5 Å². The number of nitrogens with zero attached hydrogens (tertiary/aromatic N) is 5. The predicted molar refractivity (Wildman–Crippen MR) is 139 cm³/mol. The van der Waals surface area contributed by atoms with Crippen LogP contribution in [0.25, 0.3) is 5.65 Å². The highest BCUT2D eigenvalue weighted by Gasteiger charge is 2.46. The number of hydrogen-bond acceptors (Lipinski definition) is 6. The number of benzene rings is 1. The molecule has 12 heteroatoms. The third-order valence-corrected chi connectivity index (χ3v) is 7.98. The van der Waals surface area contributed by atoms with Gasteiger partial charge in [-0.05, 0) is 56.2 Å². The van der Waals surface area contributed by atoms with Gasteiger partial charge >= 0.3 is 12.1 Å². The van der Waals surface area contributed by atoms with Crippen LogP contribution in [-0.4, -0.2) is 58.3 Å². The zero-order valence-corrected chi connectivity index (χ0v) is 22.4. The molecule has 1 aliphatic carbocycles. The lowest BCUT2D eigenvalue weighted by atomic mass is 9.81. The van der Waals surface area contributed by atoms with Gasteiger partial charge in [-0.25, -0.2) is 9.50 Å². The Morgan fingerprint density at radius 3 is 2.44 bits per heavy atom. The van der Waals surface area contributed by atoms with Crippen LogP contribution in [0.5, 0.6) is 0 Å². The van der Waals surface area contributed by atoms with E-state index < -0.39 is 24.0 Å². The third kappa shape index (κ3) is 5.28. The highest BCUT2D eigenvalue weighted by molar-refractivity contribution is 6.29. The fourth-order valence-corrected chi connectivity index (χ4v) is 6.00. The Labute approximate surface area is 228 Å². The van der Waals surface area contributed by atoms with Gasteiger partial charge in [0.05, 0.1) is 30.6 Å². The van der Waals surface area contributed by atoms with E-state index in [-0.39, 0.29) is 17.5 Å². The predicted octanol–water partition coefficient (Wildman–Crippen LogP) is 5.51. The van der Waals surface area contributed by atoms with Crippen molar-refractivity contribution in [2.75, 3.05) is 25.6 Å². The van der Waals surface area contributed by atoms with Crippen molar-refractivity contribution < 1.29 is 27.5 Å². The van der Waals surface area contributed by atoms with Crippen molar-refractivity contribution in [2.24, 2.45) is 11.8 Å². The SMILES string of the molecule is COC(=O)C1CCC(C(=O)N(C)C(c2ccc(N3CCCc4c3cnc3cc(Cl)nn43)cc2)C(F)(F)F)CC1. The van der Waals surface area contributed by atoms with E-state index in [9.17, 15) is 22.8 Å². The lowest BCUT2D eigenvalue weighted by Gasteiger charge is -2.35. The van der Waals surface area contributed by atoms with E-state index in [4.69, 9.17) is 16.3 Å². The summed E-state index contributed by atoms with van der Waals surface area (Å²) in [6.07, 6.45) is 0.207. The fraction of sp³-hybridized carbons (Fsp3) is 0.481. The summed E-state index contributed by atoms with van der Waals surface area (Å²) in [6, 6.07) is 5.73. The Bertz CT molecular complexity index is 1370. The van der Waals surface area contributed by atoms with Crippen LogP contribution in [0.2, 0.25) is 5.15 Å². The van der Waals surface area contributed by atoms with Crippen molar-refractivity contribution in [3.8, 4) is 0 Å². The van der Waals surface area contributed by atoms with Gasteiger partial charge in [0.25, 0.3) is 0 Å². The molecule has 0 radical (unpaired) electrons. The number of fused-ring (bicyclic) bond motifs is 3. The number of aryl methyl sites for hydroxylation is 1. The van der Waals surface area contributed by atoms with Crippen LogP contribution in [0.3, 0.4) is 0 Å². The monoisotopic (exact) mass is 563 g/mol. The number of halogens is 4. The minimum Gasteiger partial charge on any atom is -0.469 e. The Balaban J connectivity index is 1.36. The van der Waals surface area contributed by atoms with Crippen molar-refractivity contribution in [1.82, 2.24) is 19.5 Å². The van der Waals surface area contributed by atoms with E-state index in [0.717, 1.165) is 34.8 Å². The summed E-state index contributed by atoms with van der Waals surface area (Å²) < 4.78 is 49.4. The Hall–Kier alpha value is -3.34. The number of esters is 1. The highest BCUT2D eigenvalue weighted by atomic mass is 35.5. The molecule has 0 N–H and O–H groups in total. The molecule has 1 aromatic carbocycles. The number of anilines is 2. The number of aromatic nitrogens is 3. The standard InChI is InChI=1S/C27H29ClF3N5O3/c1-34(25(37)17-5-7-18(8-6-17)26(38)39-2)24(27(29,30)31)16-9-11-19(12-10-16)35-13-3-4-20-21(35)15-32-23-14-22(28)33-36(20)23/h9-12,14-15,17-18,24H,3-8,13H2,1-2H3. The van der Waals surface area contributed by atoms with E-state index in [2.05, 4.69) is 10.1 Å². The van der Waals surface area contributed by atoms with Gasteiger partial charge in [0.15, 0.2) is 16.8 Å². The van der Waals surface area contributed by atoms with Crippen LogP contribution < -0.4 is 4.90 Å². The van der Waals surface area contributed by atoms with Gasteiger partial charge in [0, 0.05) is 31.3 Å². The van der Waals surface area contributed by atoms with E-state index in [1.165, 1.54) is 26.3 Å². The summed E-state index contributed by atoms with van der Waals surface area (Å²) in [6.45, 7) is 0.671. The van der Waals surface area contributed by atoms with Crippen LogP contribution in [0.15, 0.2) is 36.5 Å². The first-order valence-electron chi connectivity index (χ1n) is 12.9. The van der Waals surface area contributed by atoms with Crippen LogP contribution in [0.1, 0.15) is 49.4 Å². The second-order valence-electron chi connectivity index (χ2n) is 10.1. The first kappa shape index (κ1) is 27.2. The van der Waals surface area contributed by atoms with Crippen LogP contribution in [0.4, 0.5) is 24.5 Å². The summed E-state index contributed by atoms with van der Waals surface area (Å²) in [5.41, 5.74) is 3.09. The molecule has 39 heavy (non-hydrogen) atoms. The molecule has 1 aliphatic heterocycles. The first-order chi connectivity index (χ1) is 18.6. The average Bonchev–Trinajstić information content (AvgIpc) is 3.32. The molecule has 2 aromatic heterocycles. The van der Waals surface area contributed by atoms with Gasteiger partial charge in [-0.2, -0.15) is 18.3 Å². The first-order valence-corrected chi connectivity index (χ1v) is 13.3. The van der Waals surface area contributed by atoms with Gasteiger partial charge in [0.2, 0.25) is 5.91 Å². The number of carbonyl (C=O) groups excluding carboxylic acids is 2. The van der Waals surface area contributed by atoms with E-state index in [0.29, 0.717) is 43.0 Å². The molecule has 1 unspecified atom stereocenters. The maximum atomic E-state index is 14.3. The van der Waals surface area contributed by atoms with Crippen molar-refractivity contribution in [3.63, 3.8) is 0 Å². The molecule has 208 valence electrons. The summed E-state index contributed by atoms with van der Waals surface area (Å²) >= 11 is 6.06. The molecule has 1 fully saturated rings.